The molecule has 5 heteroatoms. The first-order valence-electron chi connectivity index (χ1n) is 15.1. The predicted molar refractivity (Wildman–Crippen MR) is 183 cm³/mol. The molecule has 0 unspecified atom stereocenters. The molecule has 210 valence electrons. The normalized spacial score (nSPS) is 12.4. The summed E-state index contributed by atoms with van der Waals surface area (Å²) in [6.45, 7) is 0. The molecule has 5 heterocycles. The molecule has 0 bridgehead atoms. The standard InChI is InChI=1S/C40H24N4O/c1-4-15-38-30(10-1)33-21-32-31-11-5-14-36-40(31)44(37(32)22-39(33)45-38)35-13-3-2-12-34(35)43(36)29-19-27(25-8-6-16-41-23-25)18-28(20-29)26-9-7-17-42-24-26/h1-24H. The molecular weight excluding hydrogens is 552 g/mol. The quantitative estimate of drug-likeness (QED) is 0.210. The molecule has 5 aromatic carbocycles. The van der Waals surface area contributed by atoms with Crippen molar-refractivity contribution in [3.63, 3.8) is 0 Å². The summed E-state index contributed by atoms with van der Waals surface area (Å²) in [5, 5.41) is 4.70. The van der Waals surface area contributed by atoms with Gasteiger partial charge in [-0.3, -0.25) is 9.97 Å². The SMILES string of the molecule is c1cncc(-c2cc(-c3cccnc3)cc(N3c4ccccc4-n4c5cc6oc7ccccc7c6cc5c5cccc3c54)c2)c1. The molecule has 10 rings (SSSR count). The van der Waals surface area contributed by atoms with E-state index in [0.29, 0.717) is 0 Å². The van der Waals surface area contributed by atoms with E-state index in [1.54, 1.807) is 0 Å². The van der Waals surface area contributed by atoms with E-state index in [4.69, 9.17) is 4.42 Å². The summed E-state index contributed by atoms with van der Waals surface area (Å²) in [5.41, 5.74) is 12.9. The van der Waals surface area contributed by atoms with E-state index in [1.165, 1.54) is 16.3 Å². The molecule has 0 amide bonds. The van der Waals surface area contributed by atoms with E-state index in [9.17, 15) is 0 Å². The van der Waals surface area contributed by atoms with E-state index in [-0.39, 0.29) is 0 Å². The summed E-state index contributed by atoms with van der Waals surface area (Å²) < 4.78 is 8.77. The Labute approximate surface area is 258 Å². The lowest BCUT2D eigenvalue weighted by atomic mass is 9.98. The third-order valence-electron chi connectivity index (χ3n) is 9.03. The third-order valence-corrected chi connectivity index (χ3v) is 9.03. The summed E-state index contributed by atoms with van der Waals surface area (Å²) in [4.78, 5) is 11.3. The zero-order chi connectivity index (χ0) is 29.5. The topological polar surface area (TPSA) is 47.1 Å². The van der Waals surface area contributed by atoms with Gasteiger partial charge in [-0.15, -0.1) is 0 Å². The van der Waals surface area contributed by atoms with Crippen molar-refractivity contribution >= 4 is 60.8 Å². The van der Waals surface area contributed by atoms with Crippen molar-refractivity contribution in [3.05, 3.63) is 146 Å². The van der Waals surface area contributed by atoms with E-state index >= 15 is 0 Å². The summed E-state index contributed by atoms with van der Waals surface area (Å²) in [7, 11) is 0. The van der Waals surface area contributed by atoms with Gasteiger partial charge in [0, 0.05) is 69.2 Å². The molecule has 4 aromatic heterocycles. The van der Waals surface area contributed by atoms with Gasteiger partial charge in [-0.1, -0.05) is 54.6 Å². The van der Waals surface area contributed by atoms with Crippen molar-refractivity contribution < 1.29 is 4.42 Å². The van der Waals surface area contributed by atoms with Crippen LogP contribution in [-0.4, -0.2) is 14.5 Å². The molecule has 9 aromatic rings. The number of para-hydroxylation sites is 4. The molecule has 0 N–H and O–H groups in total. The first-order valence-corrected chi connectivity index (χ1v) is 15.1. The van der Waals surface area contributed by atoms with Crippen molar-refractivity contribution in [1.29, 1.82) is 0 Å². The molecule has 5 nitrogen and oxygen atoms in total. The van der Waals surface area contributed by atoms with Crippen LogP contribution in [0.2, 0.25) is 0 Å². The predicted octanol–water partition coefficient (Wildman–Crippen LogP) is 10.6. The van der Waals surface area contributed by atoms with Gasteiger partial charge in [0.1, 0.15) is 11.2 Å². The van der Waals surface area contributed by atoms with Gasteiger partial charge in [0.05, 0.1) is 28.1 Å². The van der Waals surface area contributed by atoms with Crippen LogP contribution in [0.1, 0.15) is 0 Å². The van der Waals surface area contributed by atoms with Crippen molar-refractivity contribution in [2.75, 3.05) is 4.90 Å². The number of pyridine rings is 2. The van der Waals surface area contributed by atoms with E-state index in [0.717, 1.165) is 72.5 Å². The second kappa shape index (κ2) is 9.15. The summed E-state index contributed by atoms with van der Waals surface area (Å²) in [6, 6.07) is 43.1. The van der Waals surface area contributed by atoms with Crippen molar-refractivity contribution in [1.82, 2.24) is 14.5 Å². The van der Waals surface area contributed by atoms with Gasteiger partial charge in [-0.05, 0) is 71.8 Å². The van der Waals surface area contributed by atoms with Crippen LogP contribution in [0.15, 0.2) is 151 Å². The van der Waals surface area contributed by atoms with E-state index in [2.05, 4.69) is 116 Å². The van der Waals surface area contributed by atoms with Crippen LogP contribution in [0.4, 0.5) is 17.1 Å². The maximum Gasteiger partial charge on any atom is 0.137 e. The number of aromatic nitrogens is 3. The maximum atomic E-state index is 6.36. The fourth-order valence-corrected chi connectivity index (χ4v) is 7.09. The largest absolute Gasteiger partial charge is 0.456 e. The number of benzene rings is 5. The van der Waals surface area contributed by atoms with E-state index in [1.807, 2.05) is 49.1 Å². The Morgan fingerprint density at radius 3 is 1.91 bits per heavy atom. The zero-order valence-electron chi connectivity index (χ0n) is 24.1. The highest BCUT2D eigenvalue weighted by Crippen LogP contribution is 2.51. The Kier molecular flexibility index (Phi) is 4.93. The monoisotopic (exact) mass is 576 g/mol. The molecule has 0 fully saturated rings. The third kappa shape index (κ3) is 3.49. The Morgan fingerprint density at radius 2 is 1.16 bits per heavy atom. The van der Waals surface area contributed by atoms with Gasteiger partial charge in [-0.2, -0.15) is 0 Å². The lowest BCUT2D eigenvalue weighted by Crippen LogP contribution is -2.18. The van der Waals surface area contributed by atoms with Gasteiger partial charge < -0.3 is 13.9 Å². The summed E-state index contributed by atoms with van der Waals surface area (Å²) >= 11 is 0. The summed E-state index contributed by atoms with van der Waals surface area (Å²) in [5.74, 6) is 0. The van der Waals surface area contributed by atoms with Gasteiger partial charge in [0.2, 0.25) is 0 Å². The van der Waals surface area contributed by atoms with Crippen molar-refractivity contribution in [2.45, 2.75) is 0 Å². The van der Waals surface area contributed by atoms with Crippen LogP contribution in [0.5, 0.6) is 0 Å². The molecule has 0 saturated heterocycles. The first-order chi connectivity index (χ1) is 22.3. The molecule has 0 saturated carbocycles. The van der Waals surface area contributed by atoms with Crippen LogP contribution in [0.3, 0.4) is 0 Å². The Bertz CT molecular complexity index is 2540. The molecule has 1 aliphatic heterocycles. The van der Waals surface area contributed by atoms with Gasteiger partial charge in [-0.25, -0.2) is 0 Å². The number of nitrogens with zero attached hydrogens (tertiary/aromatic N) is 4. The van der Waals surface area contributed by atoms with Crippen molar-refractivity contribution in [3.8, 4) is 27.9 Å². The molecule has 45 heavy (non-hydrogen) atoms. The lowest BCUT2D eigenvalue weighted by Gasteiger charge is -2.33. The zero-order valence-corrected chi connectivity index (χ0v) is 24.1. The maximum absolute atomic E-state index is 6.36. The minimum atomic E-state index is 0.898. The minimum Gasteiger partial charge on any atom is -0.456 e. The molecule has 0 radical (unpaired) electrons. The van der Waals surface area contributed by atoms with Gasteiger partial charge >= 0.3 is 0 Å². The number of hydrogen-bond donors (Lipinski definition) is 0. The number of fused-ring (bicyclic) bond motifs is 8. The minimum absolute atomic E-state index is 0.898. The average Bonchev–Trinajstić information content (AvgIpc) is 3.64. The Hall–Kier alpha value is -6.20. The van der Waals surface area contributed by atoms with Crippen LogP contribution >= 0.6 is 0 Å². The first kappa shape index (κ1) is 24.3. The molecule has 1 aliphatic rings. The lowest BCUT2D eigenvalue weighted by molar-refractivity contribution is 0.669. The van der Waals surface area contributed by atoms with Gasteiger partial charge in [0.25, 0.3) is 0 Å². The Balaban J connectivity index is 1.29. The number of anilines is 3. The molecule has 0 atom stereocenters. The average molecular weight is 577 g/mol. The number of hydrogen-bond acceptors (Lipinski definition) is 4. The van der Waals surface area contributed by atoms with Crippen LogP contribution in [-0.2, 0) is 0 Å². The fourth-order valence-electron chi connectivity index (χ4n) is 7.09. The smallest absolute Gasteiger partial charge is 0.137 e. The molecule has 0 spiro atoms. The highest BCUT2D eigenvalue weighted by Gasteiger charge is 2.29. The highest BCUT2D eigenvalue weighted by atomic mass is 16.3. The second-order valence-corrected chi connectivity index (χ2v) is 11.5. The van der Waals surface area contributed by atoms with Crippen LogP contribution < -0.4 is 4.90 Å². The van der Waals surface area contributed by atoms with Gasteiger partial charge in [0.15, 0.2) is 0 Å². The Morgan fingerprint density at radius 1 is 0.467 bits per heavy atom. The molecule has 0 aliphatic carbocycles. The highest BCUT2D eigenvalue weighted by molar-refractivity contribution is 6.21. The second-order valence-electron chi connectivity index (χ2n) is 11.5. The fraction of sp³-hybridized carbons (Fsp3) is 0. The van der Waals surface area contributed by atoms with Crippen molar-refractivity contribution in [2.24, 2.45) is 0 Å². The van der Waals surface area contributed by atoms with Crippen LogP contribution in [0, 0.1) is 0 Å². The van der Waals surface area contributed by atoms with Crippen LogP contribution in [0.25, 0.3) is 71.7 Å². The van der Waals surface area contributed by atoms with E-state index < -0.39 is 0 Å². The number of furan rings is 1. The summed E-state index contributed by atoms with van der Waals surface area (Å²) in [6.07, 6.45) is 7.48. The number of rotatable bonds is 3. The molecular formula is C40H24N4O.